The van der Waals surface area contributed by atoms with E-state index >= 15 is 0 Å². The summed E-state index contributed by atoms with van der Waals surface area (Å²) in [7, 11) is -3.95. The fraction of sp³-hybridized carbons (Fsp3) is 0.176. The SMILES string of the molecule is Cc1[nH]c2ccccc2c1[C@H](NS(=O)(=O)c1ccc(Cl)cc1)C(Cl)(Cl)Cl. The van der Waals surface area contributed by atoms with Crippen LogP contribution >= 0.6 is 46.4 Å². The molecule has 0 amide bonds. The van der Waals surface area contributed by atoms with E-state index < -0.39 is 19.9 Å². The van der Waals surface area contributed by atoms with Gasteiger partial charge in [0.1, 0.15) is 0 Å². The number of para-hydroxylation sites is 1. The minimum Gasteiger partial charge on any atom is -0.358 e. The largest absolute Gasteiger partial charge is 0.358 e. The number of hydrogen-bond acceptors (Lipinski definition) is 2. The van der Waals surface area contributed by atoms with E-state index in [2.05, 4.69) is 9.71 Å². The van der Waals surface area contributed by atoms with Crippen molar-refractivity contribution in [1.29, 1.82) is 0 Å². The van der Waals surface area contributed by atoms with Gasteiger partial charge in [-0.05, 0) is 37.3 Å². The van der Waals surface area contributed by atoms with E-state index in [4.69, 9.17) is 46.4 Å². The van der Waals surface area contributed by atoms with Crippen molar-refractivity contribution in [3.63, 3.8) is 0 Å². The number of nitrogens with one attached hydrogen (secondary N) is 2. The van der Waals surface area contributed by atoms with Gasteiger partial charge >= 0.3 is 0 Å². The highest BCUT2D eigenvalue weighted by Gasteiger charge is 2.39. The summed E-state index contributed by atoms with van der Waals surface area (Å²) in [5, 5.41) is 1.20. The molecule has 0 saturated heterocycles. The maximum Gasteiger partial charge on any atom is 0.241 e. The maximum atomic E-state index is 12.8. The maximum absolute atomic E-state index is 12.8. The van der Waals surface area contributed by atoms with E-state index in [1.807, 2.05) is 24.3 Å². The summed E-state index contributed by atoms with van der Waals surface area (Å²) in [6, 6.07) is 12.1. The van der Waals surface area contributed by atoms with Gasteiger partial charge in [0.2, 0.25) is 13.8 Å². The predicted octanol–water partition coefficient (Wildman–Crippen LogP) is 5.52. The van der Waals surface area contributed by atoms with Gasteiger partial charge in [-0.1, -0.05) is 64.6 Å². The Morgan fingerprint density at radius 3 is 2.27 bits per heavy atom. The first-order valence-electron chi connectivity index (χ1n) is 7.51. The number of aromatic amines is 1. The molecule has 2 N–H and O–H groups in total. The van der Waals surface area contributed by atoms with Crippen LogP contribution in [0.4, 0.5) is 0 Å². The van der Waals surface area contributed by atoms with Crippen LogP contribution in [0.1, 0.15) is 17.3 Å². The first-order valence-corrected chi connectivity index (χ1v) is 10.5. The van der Waals surface area contributed by atoms with Gasteiger partial charge in [-0.15, -0.1) is 0 Å². The van der Waals surface area contributed by atoms with Crippen LogP contribution in [0.25, 0.3) is 10.9 Å². The summed E-state index contributed by atoms with van der Waals surface area (Å²) in [6.07, 6.45) is 0. The number of fused-ring (bicyclic) bond motifs is 1. The van der Waals surface area contributed by atoms with Crippen molar-refractivity contribution < 1.29 is 8.42 Å². The molecule has 0 saturated carbocycles. The fourth-order valence-electron chi connectivity index (χ4n) is 2.80. The highest BCUT2D eigenvalue weighted by Crippen LogP contribution is 2.44. The molecule has 2 aromatic carbocycles. The first-order chi connectivity index (χ1) is 12.1. The van der Waals surface area contributed by atoms with Crippen molar-refractivity contribution in [1.82, 2.24) is 9.71 Å². The Morgan fingerprint density at radius 2 is 1.65 bits per heavy atom. The third-order valence-corrected chi connectivity index (χ3v) is 6.30. The van der Waals surface area contributed by atoms with Crippen molar-refractivity contribution in [3.8, 4) is 0 Å². The van der Waals surface area contributed by atoms with Gasteiger partial charge in [-0.3, -0.25) is 0 Å². The number of rotatable bonds is 4. The second-order valence-electron chi connectivity index (χ2n) is 5.76. The molecule has 1 atom stereocenters. The van der Waals surface area contributed by atoms with Crippen LogP contribution in [0.2, 0.25) is 5.02 Å². The van der Waals surface area contributed by atoms with Crippen molar-refractivity contribution in [2.24, 2.45) is 0 Å². The highest BCUT2D eigenvalue weighted by atomic mass is 35.6. The van der Waals surface area contributed by atoms with Crippen LogP contribution in [0.15, 0.2) is 53.4 Å². The summed E-state index contributed by atoms with van der Waals surface area (Å²) in [6.45, 7) is 1.80. The zero-order valence-corrected chi connectivity index (χ0v) is 17.3. The highest BCUT2D eigenvalue weighted by molar-refractivity contribution is 7.89. The molecule has 1 aromatic heterocycles. The normalized spacial score (nSPS) is 13.9. The molecule has 0 unspecified atom stereocenters. The molecule has 0 aliphatic heterocycles. The van der Waals surface area contributed by atoms with E-state index in [0.717, 1.165) is 10.9 Å². The average molecular weight is 452 g/mol. The molecular formula is C17H14Cl4N2O2S. The Labute approximate surface area is 171 Å². The Balaban J connectivity index is 2.10. The summed E-state index contributed by atoms with van der Waals surface area (Å²) in [5.74, 6) is 0. The topological polar surface area (TPSA) is 62.0 Å². The van der Waals surface area contributed by atoms with E-state index in [1.165, 1.54) is 24.3 Å². The standard InChI is InChI=1S/C17H14Cl4N2O2S/c1-10-15(13-4-2-3-5-14(13)22-10)16(17(19,20)21)23-26(24,25)12-8-6-11(18)7-9-12/h2-9,16,22-23H,1H3/t16-/m0/s1. The zero-order chi connectivity index (χ0) is 19.1. The van der Waals surface area contributed by atoms with Gasteiger partial charge in [0.25, 0.3) is 0 Å². The monoisotopic (exact) mass is 450 g/mol. The van der Waals surface area contributed by atoms with Gasteiger partial charge in [-0.2, -0.15) is 4.72 Å². The van der Waals surface area contributed by atoms with Crippen LogP contribution in [-0.4, -0.2) is 17.2 Å². The molecule has 9 heteroatoms. The minimum absolute atomic E-state index is 0.0265. The van der Waals surface area contributed by atoms with Gasteiger partial charge in [0, 0.05) is 27.2 Å². The van der Waals surface area contributed by atoms with Crippen molar-refractivity contribution in [3.05, 3.63) is 64.8 Å². The molecule has 0 bridgehead atoms. The van der Waals surface area contributed by atoms with Crippen LogP contribution in [0, 0.1) is 6.92 Å². The van der Waals surface area contributed by atoms with E-state index in [9.17, 15) is 8.42 Å². The molecule has 0 fully saturated rings. The lowest BCUT2D eigenvalue weighted by Gasteiger charge is -2.26. The number of sulfonamides is 1. The molecule has 0 aliphatic rings. The number of halogens is 4. The Bertz CT molecular complexity index is 1040. The molecular weight excluding hydrogens is 438 g/mol. The number of hydrogen-bond donors (Lipinski definition) is 2. The number of benzene rings is 2. The lowest BCUT2D eigenvalue weighted by atomic mass is 10.0. The van der Waals surface area contributed by atoms with Crippen LogP contribution in [0.3, 0.4) is 0 Å². The van der Waals surface area contributed by atoms with Crippen LogP contribution in [0.5, 0.6) is 0 Å². The summed E-state index contributed by atoms with van der Waals surface area (Å²) >= 11 is 24.3. The smallest absolute Gasteiger partial charge is 0.241 e. The van der Waals surface area contributed by atoms with Gasteiger partial charge < -0.3 is 4.98 Å². The lowest BCUT2D eigenvalue weighted by Crippen LogP contribution is -2.36. The molecule has 4 nitrogen and oxygen atoms in total. The molecule has 26 heavy (non-hydrogen) atoms. The molecule has 0 radical (unpaired) electrons. The van der Waals surface area contributed by atoms with E-state index in [0.29, 0.717) is 16.3 Å². The minimum atomic E-state index is -3.95. The Kier molecular flexibility index (Phi) is 5.50. The lowest BCUT2D eigenvalue weighted by molar-refractivity contribution is 0.558. The van der Waals surface area contributed by atoms with E-state index in [1.54, 1.807) is 6.92 Å². The fourth-order valence-corrected chi connectivity index (χ4v) is 4.84. The number of aryl methyl sites for hydroxylation is 1. The first kappa shape index (κ1) is 19.8. The average Bonchev–Trinajstić information content (AvgIpc) is 2.87. The quantitative estimate of drug-likeness (QED) is 0.513. The van der Waals surface area contributed by atoms with Gasteiger partial charge in [0.05, 0.1) is 10.9 Å². The third-order valence-electron chi connectivity index (χ3n) is 3.96. The van der Waals surface area contributed by atoms with E-state index in [-0.39, 0.29) is 4.90 Å². The van der Waals surface area contributed by atoms with Crippen molar-refractivity contribution >= 4 is 67.3 Å². The molecule has 0 aliphatic carbocycles. The number of aromatic nitrogens is 1. The third kappa shape index (κ3) is 3.98. The van der Waals surface area contributed by atoms with Crippen molar-refractivity contribution in [2.75, 3.05) is 0 Å². The van der Waals surface area contributed by atoms with Gasteiger partial charge in [0.15, 0.2) is 0 Å². The number of H-pyrrole nitrogens is 1. The predicted molar refractivity (Wildman–Crippen MR) is 108 cm³/mol. The summed E-state index contributed by atoms with van der Waals surface area (Å²) < 4.78 is 26.2. The summed E-state index contributed by atoms with van der Waals surface area (Å²) in [4.78, 5) is 3.21. The molecule has 0 spiro atoms. The van der Waals surface area contributed by atoms with Crippen molar-refractivity contribution in [2.45, 2.75) is 21.7 Å². The second-order valence-corrected chi connectivity index (χ2v) is 10.3. The second kappa shape index (κ2) is 7.23. The van der Waals surface area contributed by atoms with Crippen LogP contribution < -0.4 is 4.72 Å². The molecule has 138 valence electrons. The Hall–Kier alpha value is -0.950. The summed E-state index contributed by atoms with van der Waals surface area (Å²) in [5.41, 5.74) is 2.12. The molecule has 3 aromatic rings. The Morgan fingerprint density at radius 1 is 1.04 bits per heavy atom. The van der Waals surface area contributed by atoms with Gasteiger partial charge in [-0.25, -0.2) is 8.42 Å². The molecule has 1 heterocycles. The number of alkyl halides is 3. The molecule has 3 rings (SSSR count). The van der Waals surface area contributed by atoms with Crippen LogP contribution in [-0.2, 0) is 10.0 Å². The zero-order valence-electron chi connectivity index (χ0n) is 13.4.